The summed E-state index contributed by atoms with van der Waals surface area (Å²) in [7, 11) is 0. The Morgan fingerprint density at radius 1 is 0.643 bits per heavy atom. The molecule has 7 aromatic carbocycles. The molecule has 4 nitrogen and oxygen atoms in total. The number of para-hydroxylation sites is 3. The predicted molar refractivity (Wildman–Crippen MR) is 236 cm³/mol. The van der Waals surface area contributed by atoms with Crippen molar-refractivity contribution in [1.29, 1.82) is 0 Å². The van der Waals surface area contributed by atoms with E-state index in [0.717, 1.165) is 46.6 Å². The molecule has 270 valence electrons. The average Bonchev–Trinajstić information content (AvgIpc) is 3.56. The molecule has 0 fully saturated rings. The van der Waals surface area contributed by atoms with Crippen molar-refractivity contribution < 1.29 is 0 Å². The number of aromatic nitrogens is 1. The van der Waals surface area contributed by atoms with Gasteiger partial charge in [0, 0.05) is 33.8 Å². The molecule has 2 N–H and O–H groups in total. The first-order chi connectivity index (χ1) is 27.7. The number of allylic oxidation sites excluding steroid dienone is 3. The molecule has 4 heteroatoms. The molecular formula is C52H42N4. The van der Waals surface area contributed by atoms with Crippen molar-refractivity contribution in [2.75, 3.05) is 4.90 Å². The molecule has 8 aromatic rings. The van der Waals surface area contributed by atoms with Crippen LogP contribution < -0.4 is 10.6 Å². The van der Waals surface area contributed by atoms with Crippen LogP contribution in [0, 0.1) is 5.92 Å². The summed E-state index contributed by atoms with van der Waals surface area (Å²) in [6, 6.07) is 61.1. The molecule has 0 amide bonds. The van der Waals surface area contributed by atoms with Gasteiger partial charge in [-0.3, -0.25) is 4.99 Å². The van der Waals surface area contributed by atoms with E-state index in [9.17, 15) is 0 Å². The van der Waals surface area contributed by atoms with Gasteiger partial charge in [0.1, 0.15) is 0 Å². The Morgan fingerprint density at radius 2 is 1.36 bits per heavy atom. The van der Waals surface area contributed by atoms with Gasteiger partial charge < -0.3 is 15.2 Å². The fraction of sp³-hybridized carbons (Fsp3) is 0.0962. The van der Waals surface area contributed by atoms with Gasteiger partial charge in [0.25, 0.3) is 0 Å². The maximum atomic E-state index is 6.94. The van der Waals surface area contributed by atoms with Gasteiger partial charge in [0.2, 0.25) is 0 Å². The lowest BCUT2D eigenvalue weighted by atomic mass is 9.87. The van der Waals surface area contributed by atoms with E-state index in [-0.39, 0.29) is 12.1 Å². The minimum Gasteiger partial charge on any atom is -0.327 e. The van der Waals surface area contributed by atoms with Crippen LogP contribution in [0.5, 0.6) is 0 Å². The fourth-order valence-electron chi connectivity index (χ4n) is 8.72. The summed E-state index contributed by atoms with van der Waals surface area (Å²) in [5.41, 5.74) is 19.6. The summed E-state index contributed by atoms with van der Waals surface area (Å²) in [5.74, 6) is 0.291. The second kappa shape index (κ2) is 14.5. The second-order valence-corrected chi connectivity index (χ2v) is 14.9. The van der Waals surface area contributed by atoms with E-state index in [1.165, 1.54) is 44.1 Å². The summed E-state index contributed by atoms with van der Waals surface area (Å²) in [5, 5.41) is 3.69. The molecule has 0 radical (unpaired) electrons. The topological polar surface area (TPSA) is 46.5 Å². The minimum absolute atomic E-state index is 0.0249. The smallest absolute Gasteiger partial charge is 0.0948 e. The maximum absolute atomic E-state index is 6.94. The number of rotatable bonds is 8. The fourth-order valence-corrected chi connectivity index (χ4v) is 8.72. The summed E-state index contributed by atoms with van der Waals surface area (Å²) in [4.78, 5) is 7.71. The van der Waals surface area contributed by atoms with Crippen LogP contribution in [0.1, 0.15) is 24.4 Å². The molecule has 56 heavy (non-hydrogen) atoms. The van der Waals surface area contributed by atoms with Gasteiger partial charge in [0.15, 0.2) is 0 Å². The largest absolute Gasteiger partial charge is 0.327 e. The van der Waals surface area contributed by atoms with Crippen molar-refractivity contribution >= 4 is 39.4 Å². The molecular weight excluding hydrogens is 681 g/mol. The van der Waals surface area contributed by atoms with Crippen LogP contribution in [0.25, 0.3) is 60.9 Å². The van der Waals surface area contributed by atoms with Gasteiger partial charge in [0.05, 0.1) is 35.0 Å². The highest BCUT2D eigenvalue weighted by molar-refractivity contribution is 6.14. The van der Waals surface area contributed by atoms with E-state index in [1.54, 1.807) is 0 Å². The molecule has 0 bridgehead atoms. The molecule has 10 rings (SSSR count). The molecule has 1 aliphatic heterocycles. The zero-order valence-corrected chi connectivity index (χ0v) is 31.1. The first kappa shape index (κ1) is 33.8. The summed E-state index contributed by atoms with van der Waals surface area (Å²) >= 11 is 0. The van der Waals surface area contributed by atoms with E-state index in [1.807, 2.05) is 0 Å². The molecule has 1 aliphatic carbocycles. The first-order valence-corrected chi connectivity index (χ1v) is 19.6. The Kier molecular flexibility index (Phi) is 8.74. The Labute approximate surface area is 328 Å². The highest BCUT2D eigenvalue weighted by atomic mass is 15.2. The van der Waals surface area contributed by atoms with E-state index in [2.05, 4.69) is 210 Å². The van der Waals surface area contributed by atoms with Crippen LogP contribution in [0.15, 0.2) is 199 Å². The van der Waals surface area contributed by atoms with Crippen LogP contribution in [0.4, 0.5) is 11.4 Å². The molecule has 3 unspecified atom stereocenters. The van der Waals surface area contributed by atoms with Crippen molar-refractivity contribution in [3.63, 3.8) is 0 Å². The minimum atomic E-state index is -0.108. The van der Waals surface area contributed by atoms with Crippen LogP contribution in [-0.2, 0) is 0 Å². The van der Waals surface area contributed by atoms with E-state index in [4.69, 9.17) is 10.7 Å². The van der Waals surface area contributed by atoms with E-state index < -0.39 is 0 Å². The number of hydrogen-bond donors (Lipinski definition) is 1. The normalized spacial score (nSPS) is 15.7. The lowest BCUT2D eigenvalue weighted by Crippen LogP contribution is -2.31. The number of nitrogens with zero attached hydrogens (tertiary/aromatic N) is 3. The third-order valence-electron chi connectivity index (χ3n) is 11.5. The number of nitrogens with two attached hydrogens (primary N) is 1. The van der Waals surface area contributed by atoms with Gasteiger partial charge in [-0.05, 0) is 82.6 Å². The standard InChI is InChI=1S/C52H42N4/c53-46(37-17-3-1-4-18-37)34-47(38-19-5-2-6-20-38)54-35-55-48-27-12-9-24-43(48)51-44-25-10-14-29-50(44)56(52(51)45-26-11-13-28-49(45)55)42-23-15-22-40(33-42)41-31-30-36-16-7-8-21-39(36)32-41/h1-17,19-33,35,37,46-47H,18,34,53H2. The molecule has 2 heterocycles. The summed E-state index contributed by atoms with van der Waals surface area (Å²) in [6.07, 6.45) is 12.4. The van der Waals surface area contributed by atoms with Gasteiger partial charge in [-0.1, -0.05) is 158 Å². The highest BCUT2D eigenvalue weighted by Gasteiger charge is 2.30. The van der Waals surface area contributed by atoms with Crippen molar-refractivity contribution in [3.05, 3.63) is 200 Å². The number of hydrogen-bond acceptors (Lipinski definition) is 2. The summed E-state index contributed by atoms with van der Waals surface area (Å²) < 4.78 is 2.46. The predicted octanol–water partition coefficient (Wildman–Crippen LogP) is 12.9. The number of benzene rings is 7. The lowest BCUT2D eigenvalue weighted by Gasteiger charge is -2.26. The van der Waals surface area contributed by atoms with Gasteiger partial charge >= 0.3 is 0 Å². The zero-order valence-electron chi connectivity index (χ0n) is 31.1. The van der Waals surface area contributed by atoms with Crippen LogP contribution in [0.3, 0.4) is 0 Å². The Balaban J connectivity index is 1.14. The first-order valence-electron chi connectivity index (χ1n) is 19.6. The van der Waals surface area contributed by atoms with Crippen LogP contribution >= 0.6 is 0 Å². The molecule has 2 aliphatic rings. The van der Waals surface area contributed by atoms with Crippen molar-refractivity contribution in [3.8, 4) is 39.2 Å². The number of anilines is 2. The van der Waals surface area contributed by atoms with E-state index >= 15 is 0 Å². The average molecular weight is 723 g/mol. The van der Waals surface area contributed by atoms with Gasteiger partial charge in [-0.15, -0.1) is 0 Å². The van der Waals surface area contributed by atoms with Crippen molar-refractivity contribution in [1.82, 2.24) is 4.57 Å². The van der Waals surface area contributed by atoms with Crippen molar-refractivity contribution in [2.45, 2.75) is 24.9 Å². The Morgan fingerprint density at radius 3 is 2.20 bits per heavy atom. The van der Waals surface area contributed by atoms with E-state index in [0.29, 0.717) is 5.92 Å². The van der Waals surface area contributed by atoms with Crippen molar-refractivity contribution in [2.24, 2.45) is 16.6 Å². The van der Waals surface area contributed by atoms with Crippen LogP contribution in [0.2, 0.25) is 0 Å². The zero-order chi connectivity index (χ0) is 37.4. The second-order valence-electron chi connectivity index (χ2n) is 14.9. The third-order valence-corrected chi connectivity index (χ3v) is 11.5. The molecule has 0 saturated carbocycles. The molecule has 0 spiro atoms. The molecule has 1 aromatic heterocycles. The van der Waals surface area contributed by atoms with Gasteiger partial charge in [-0.2, -0.15) is 0 Å². The quantitative estimate of drug-likeness (QED) is 0.125. The third kappa shape index (κ3) is 6.05. The summed E-state index contributed by atoms with van der Waals surface area (Å²) in [6.45, 7) is 0. The Bertz CT molecular complexity index is 2810. The highest BCUT2D eigenvalue weighted by Crippen LogP contribution is 2.52. The SMILES string of the molecule is NC(CC(N=CN1c2ccccc2-c2c(n(-c3cccc(-c4ccc5ccccc5c4)c3)c3ccccc23)-c2ccccc21)c1ccccc1)C1C=CC=CC1. The molecule has 0 saturated heterocycles. The maximum Gasteiger partial charge on any atom is 0.0948 e. The lowest BCUT2D eigenvalue weighted by molar-refractivity contribution is 0.438. The number of aliphatic imine (C=N–C) groups is 1. The number of fused-ring (bicyclic) bond motifs is 8. The van der Waals surface area contributed by atoms with Crippen LogP contribution in [-0.4, -0.2) is 16.9 Å². The molecule has 3 atom stereocenters. The monoisotopic (exact) mass is 722 g/mol. The Hall–Kier alpha value is -6.75. The van der Waals surface area contributed by atoms with Gasteiger partial charge in [-0.25, -0.2) is 0 Å².